The minimum absolute atomic E-state index is 0.0647. The Morgan fingerprint density at radius 1 is 1.28 bits per heavy atom. The molecule has 3 rings (SSSR count). The van der Waals surface area contributed by atoms with Crippen molar-refractivity contribution in [1.82, 2.24) is 9.88 Å². The molecule has 1 aromatic carbocycles. The number of carbonyl (C=O) groups is 2. The van der Waals surface area contributed by atoms with Crippen LogP contribution in [0.5, 0.6) is 5.75 Å². The van der Waals surface area contributed by atoms with Crippen LogP contribution in [0.25, 0.3) is 0 Å². The summed E-state index contributed by atoms with van der Waals surface area (Å²) in [6.07, 6.45) is 1.29. The van der Waals surface area contributed by atoms with E-state index in [4.69, 9.17) is 4.74 Å². The Labute approximate surface area is 176 Å². The van der Waals surface area contributed by atoms with E-state index in [2.05, 4.69) is 38.0 Å². The van der Waals surface area contributed by atoms with Gasteiger partial charge in [0, 0.05) is 24.3 Å². The van der Waals surface area contributed by atoms with Gasteiger partial charge in [0.2, 0.25) is 5.91 Å². The van der Waals surface area contributed by atoms with E-state index < -0.39 is 0 Å². The van der Waals surface area contributed by atoms with Gasteiger partial charge in [-0.05, 0) is 29.5 Å². The Kier molecular flexibility index (Phi) is 6.90. The average Bonchev–Trinajstić information content (AvgIpc) is 3.07. The first kappa shape index (κ1) is 21.3. The molecule has 2 heterocycles. The summed E-state index contributed by atoms with van der Waals surface area (Å²) in [6.45, 7) is 9.54. The molecule has 29 heavy (non-hydrogen) atoms. The number of nitrogens with zero attached hydrogens (tertiary/aromatic N) is 2. The molecule has 0 saturated carbocycles. The van der Waals surface area contributed by atoms with Crippen molar-refractivity contribution in [2.75, 3.05) is 18.5 Å². The summed E-state index contributed by atoms with van der Waals surface area (Å²) in [5.41, 5.74) is 2.15. The zero-order valence-corrected chi connectivity index (χ0v) is 18.3. The molecule has 1 aliphatic rings. The second-order valence-corrected chi connectivity index (χ2v) is 9.20. The molecule has 0 bridgehead atoms. The maximum Gasteiger partial charge on any atom is 0.264 e. The Bertz CT molecular complexity index is 876. The molecule has 2 amide bonds. The summed E-state index contributed by atoms with van der Waals surface area (Å²) in [7, 11) is 0. The number of fused-ring (bicyclic) bond motifs is 1. The monoisotopic (exact) mass is 415 g/mol. The maximum absolute atomic E-state index is 12.3. The fourth-order valence-electron chi connectivity index (χ4n) is 3.21. The van der Waals surface area contributed by atoms with Gasteiger partial charge in [0.15, 0.2) is 11.7 Å². The molecular formula is C22H29N3O3S. The van der Waals surface area contributed by atoms with Gasteiger partial charge in [0.1, 0.15) is 5.75 Å². The number of ether oxygens (including phenoxy) is 1. The predicted molar refractivity (Wildman–Crippen MR) is 115 cm³/mol. The fraction of sp³-hybridized carbons (Fsp3) is 0.500. The lowest BCUT2D eigenvalue weighted by atomic mass is 10.0. The third-order valence-corrected chi connectivity index (χ3v) is 5.81. The van der Waals surface area contributed by atoms with E-state index >= 15 is 0 Å². The van der Waals surface area contributed by atoms with Gasteiger partial charge in [-0.2, -0.15) is 0 Å². The number of nitrogens with one attached hydrogen (secondary N) is 1. The largest absolute Gasteiger partial charge is 0.484 e. The third kappa shape index (κ3) is 5.79. The van der Waals surface area contributed by atoms with Crippen LogP contribution in [0.15, 0.2) is 24.3 Å². The molecule has 6 nitrogen and oxygen atoms in total. The normalized spacial score (nSPS) is 13.5. The molecule has 0 atom stereocenters. The van der Waals surface area contributed by atoms with Crippen molar-refractivity contribution >= 4 is 28.3 Å². The predicted octanol–water partition coefficient (Wildman–Crippen LogP) is 4.21. The standard InChI is InChI=1S/C22H29N3O3S/c1-14(2)10-21(27)25-9-8-18-19(12-25)29-22(23-18)24-20(26)13-28-17-7-5-6-16(11-17)15(3)4/h5-7,11,14-15H,8-10,12-13H2,1-4H3,(H,23,24,26). The molecule has 156 valence electrons. The van der Waals surface area contributed by atoms with Gasteiger partial charge in [-0.25, -0.2) is 4.98 Å². The molecule has 0 saturated heterocycles. The Morgan fingerprint density at radius 3 is 2.79 bits per heavy atom. The fourth-order valence-corrected chi connectivity index (χ4v) is 4.25. The van der Waals surface area contributed by atoms with Crippen LogP contribution in [-0.2, 0) is 22.6 Å². The van der Waals surface area contributed by atoms with Crippen molar-refractivity contribution in [3.05, 3.63) is 40.4 Å². The molecule has 7 heteroatoms. The maximum atomic E-state index is 12.3. The van der Waals surface area contributed by atoms with Crippen LogP contribution in [0, 0.1) is 5.92 Å². The van der Waals surface area contributed by atoms with Crippen LogP contribution in [0.4, 0.5) is 5.13 Å². The number of rotatable bonds is 7. The van der Waals surface area contributed by atoms with Gasteiger partial charge in [-0.15, -0.1) is 0 Å². The van der Waals surface area contributed by atoms with Crippen LogP contribution < -0.4 is 10.1 Å². The van der Waals surface area contributed by atoms with Crippen molar-refractivity contribution in [1.29, 1.82) is 0 Å². The van der Waals surface area contributed by atoms with Gasteiger partial charge >= 0.3 is 0 Å². The highest BCUT2D eigenvalue weighted by Crippen LogP contribution is 2.29. The Morgan fingerprint density at radius 2 is 2.07 bits per heavy atom. The summed E-state index contributed by atoms with van der Waals surface area (Å²) in [4.78, 5) is 32.1. The highest BCUT2D eigenvalue weighted by molar-refractivity contribution is 7.15. The Balaban J connectivity index is 1.54. The number of aromatic nitrogens is 1. The first-order valence-corrected chi connectivity index (χ1v) is 10.9. The van der Waals surface area contributed by atoms with Crippen LogP contribution in [0.1, 0.15) is 56.2 Å². The van der Waals surface area contributed by atoms with E-state index in [1.165, 1.54) is 16.9 Å². The second-order valence-electron chi connectivity index (χ2n) is 8.12. The van der Waals surface area contributed by atoms with E-state index in [0.29, 0.717) is 42.2 Å². The second kappa shape index (κ2) is 9.39. The number of hydrogen-bond donors (Lipinski definition) is 1. The molecular weight excluding hydrogens is 386 g/mol. The van der Waals surface area contributed by atoms with E-state index in [-0.39, 0.29) is 18.4 Å². The first-order chi connectivity index (χ1) is 13.8. The number of carbonyl (C=O) groups excluding carboxylic acids is 2. The van der Waals surface area contributed by atoms with Crippen molar-refractivity contribution in [3.8, 4) is 5.75 Å². The van der Waals surface area contributed by atoms with E-state index in [9.17, 15) is 9.59 Å². The van der Waals surface area contributed by atoms with Crippen LogP contribution in [0.2, 0.25) is 0 Å². The lowest BCUT2D eigenvalue weighted by Crippen LogP contribution is -2.36. The molecule has 1 aromatic heterocycles. The lowest BCUT2D eigenvalue weighted by molar-refractivity contribution is -0.132. The van der Waals surface area contributed by atoms with E-state index in [1.807, 2.05) is 29.2 Å². The molecule has 1 N–H and O–H groups in total. The molecule has 0 unspecified atom stereocenters. The van der Waals surface area contributed by atoms with Crippen molar-refractivity contribution in [3.63, 3.8) is 0 Å². The summed E-state index contributed by atoms with van der Waals surface area (Å²) >= 11 is 1.44. The molecule has 0 fully saturated rings. The van der Waals surface area contributed by atoms with Gasteiger partial charge in [0.25, 0.3) is 5.91 Å². The van der Waals surface area contributed by atoms with Gasteiger partial charge < -0.3 is 9.64 Å². The number of amides is 2. The minimum atomic E-state index is -0.237. The number of anilines is 1. The smallest absolute Gasteiger partial charge is 0.264 e. The molecule has 0 aliphatic carbocycles. The number of thiazole rings is 1. The highest BCUT2D eigenvalue weighted by Gasteiger charge is 2.24. The molecule has 0 spiro atoms. The molecule has 2 aromatic rings. The zero-order valence-electron chi connectivity index (χ0n) is 17.5. The third-order valence-electron chi connectivity index (χ3n) is 4.81. The average molecular weight is 416 g/mol. The van der Waals surface area contributed by atoms with Crippen molar-refractivity contribution in [2.45, 2.75) is 53.0 Å². The first-order valence-electron chi connectivity index (χ1n) is 10.1. The number of benzene rings is 1. The van der Waals surface area contributed by atoms with Crippen LogP contribution in [0.3, 0.4) is 0 Å². The topological polar surface area (TPSA) is 71.5 Å². The van der Waals surface area contributed by atoms with E-state index in [0.717, 1.165) is 17.0 Å². The summed E-state index contributed by atoms with van der Waals surface area (Å²) in [6, 6.07) is 7.80. The van der Waals surface area contributed by atoms with Crippen LogP contribution >= 0.6 is 11.3 Å². The SMILES string of the molecule is CC(C)CC(=O)N1CCc2nc(NC(=O)COc3cccc(C(C)C)c3)sc2C1. The summed E-state index contributed by atoms with van der Waals surface area (Å²) < 4.78 is 5.63. The van der Waals surface area contributed by atoms with Crippen molar-refractivity contribution < 1.29 is 14.3 Å². The van der Waals surface area contributed by atoms with Crippen molar-refractivity contribution in [2.24, 2.45) is 5.92 Å². The van der Waals surface area contributed by atoms with E-state index in [1.54, 1.807) is 0 Å². The Hall–Kier alpha value is -2.41. The van der Waals surface area contributed by atoms with Gasteiger partial charge in [0.05, 0.1) is 12.2 Å². The zero-order chi connectivity index (χ0) is 21.0. The molecule has 0 radical (unpaired) electrons. The molecule has 1 aliphatic heterocycles. The minimum Gasteiger partial charge on any atom is -0.484 e. The van der Waals surface area contributed by atoms with Gasteiger partial charge in [-0.3, -0.25) is 14.9 Å². The summed E-state index contributed by atoms with van der Waals surface area (Å²) in [5, 5.41) is 3.39. The van der Waals surface area contributed by atoms with Gasteiger partial charge in [-0.1, -0.05) is 51.2 Å². The number of hydrogen-bond acceptors (Lipinski definition) is 5. The lowest BCUT2D eigenvalue weighted by Gasteiger charge is -2.26. The summed E-state index contributed by atoms with van der Waals surface area (Å²) in [5.74, 6) is 1.38. The highest BCUT2D eigenvalue weighted by atomic mass is 32.1. The van der Waals surface area contributed by atoms with Crippen LogP contribution in [-0.4, -0.2) is 34.8 Å². The quantitative estimate of drug-likeness (QED) is 0.735.